The SMILES string of the molecule is CCC(N)(CC)C(=O)Nc1ccc(Br)cc1. The van der Waals surface area contributed by atoms with Gasteiger partial charge in [0.15, 0.2) is 0 Å². The number of hydrogen-bond acceptors (Lipinski definition) is 2. The largest absolute Gasteiger partial charge is 0.324 e. The van der Waals surface area contributed by atoms with Gasteiger partial charge in [0, 0.05) is 10.2 Å². The van der Waals surface area contributed by atoms with E-state index in [1.807, 2.05) is 38.1 Å². The second-order valence-electron chi connectivity index (χ2n) is 3.82. The first-order chi connectivity index (χ1) is 7.51. The van der Waals surface area contributed by atoms with E-state index in [2.05, 4.69) is 21.2 Å². The number of halogens is 1. The van der Waals surface area contributed by atoms with E-state index in [4.69, 9.17) is 5.73 Å². The van der Waals surface area contributed by atoms with E-state index in [-0.39, 0.29) is 5.91 Å². The van der Waals surface area contributed by atoms with Crippen molar-refractivity contribution in [1.82, 2.24) is 0 Å². The number of hydrogen-bond donors (Lipinski definition) is 2. The van der Waals surface area contributed by atoms with Gasteiger partial charge in [-0.05, 0) is 37.1 Å². The summed E-state index contributed by atoms with van der Waals surface area (Å²) in [6, 6.07) is 7.44. The Bertz CT molecular complexity index is 358. The fourth-order valence-corrected chi connectivity index (χ4v) is 1.62. The highest BCUT2D eigenvalue weighted by Gasteiger charge is 2.29. The summed E-state index contributed by atoms with van der Waals surface area (Å²) < 4.78 is 0.982. The van der Waals surface area contributed by atoms with Gasteiger partial charge in [-0.2, -0.15) is 0 Å². The molecule has 0 bridgehead atoms. The molecule has 1 aromatic rings. The Kier molecular flexibility index (Phi) is 4.50. The Balaban J connectivity index is 2.74. The number of benzene rings is 1. The van der Waals surface area contributed by atoms with Gasteiger partial charge in [-0.1, -0.05) is 29.8 Å². The topological polar surface area (TPSA) is 55.1 Å². The lowest BCUT2D eigenvalue weighted by Gasteiger charge is -2.25. The minimum atomic E-state index is -0.771. The molecule has 0 radical (unpaired) electrons. The number of amides is 1. The maximum absolute atomic E-state index is 11.9. The van der Waals surface area contributed by atoms with Crippen molar-refractivity contribution in [3.8, 4) is 0 Å². The molecule has 0 saturated carbocycles. The summed E-state index contributed by atoms with van der Waals surface area (Å²) >= 11 is 3.34. The number of rotatable bonds is 4. The lowest BCUT2D eigenvalue weighted by Crippen LogP contribution is -2.50. The predicted octanol–water partition coefficient (Wildman–Crippen LogP) is 2.91. The van der Waals surface area contributed by atoms with Crippen molar-refractivity contribution in [3.05, 3.63) is 28.7 Å². The Morgan fingerprint density at radius 1 is 1.31 bits per heavy atom. The third-order valence-electron chi connectivity index (χ3n) is 2.82. The molecule has 1 rings (SSSR count). The molecule has 0 spiro atoms. The molecule has 16 heavy (non-hydrogen) atoms. The van der Waals surface area contributed by atoms with E-state index in [9.17, 15) is 4.79 Å². The first-order valence-corrected chi connectivity index (χ1v) is 6.17. The van der Waals surface area contributed by atoms with Gasteiger partial charge in [0.05, 0.1) is 5.54 Å². The fourth-order valence-electron chi connectivity index (χ4n) is 1.36. The Labute approximate surface area is 105 Å². The lowest BCUT2D eigenvalue weighted by molar-refractivity contribution is -0.121. The van der Waals surface area contributed by atoms with Crippen LogP contribution in [0.25, 0.3) is 0 Å². The van der Waals surface area contributed by atoms with Gasteiger partial charge in [-0.15, -0.1) is 0 Å². The zero-order valence-corrected chi connectivity index (χ0v) is 11.2. The van der Waals surface area contributed by atoms with Crippen LogP contribution in [0.5, 0.6) is 0 Å². The summed E-state index contributed by atoms with van der Waals surface area (Å²) in [6.45, 7) is 3.84. The lowest BCUT2D eigenvalue weighted by atomic mass is 9.93. The number of carbonyl (C=O) groups excluding carboxylic acids is 1. The third-order valence-corrected chi connectivity index (χ3v) is 3.34. The minimum absolute atomic E-state index is 0.125. The maximum Gasteiger partial charge on any atom is 0.244 e. The van der Waals surface area contributed by atoms with Crippen LogP contribution in [0.4, 0.5) is 5.69 Å². The highest BCUT2D eigenvalue weighted by atomic mass is 79.9. The van der Waals surface area contributed by atoms with Gasteiger partial charge < -0.3 is 11.1 Å². The van der Waals surface area contributed by atoms with E-state index in [1.54, 1.807) is 0 Å². The Morgan fingerprint density at radius 3 is 2.25 bits per heavy atom. The second-order valence-corrected chi connectivity index (χ2v) is 4.74. The van der Waals surface area contributed by atoms with Crippen molar-refractivity contribution in [1.29, 1.82) is 0 Å². The van der Waals surface area contributed by atoms with Crippen molar-refractivity contribution >= 4 is 27.5 Å². The van der Waals surface area contributed by atoms with Crippen LogP contribution in [0.2, 0.25) is 0 Å². The molecular formula is C12H17BrN2O. The van der Waals surface area contributed by atoms with Crippen molar-refractivity contribution in [2.24, 2.45) is 5.73 Å². The molecule has 0 saturated heterocycles. The van der Waals surface area contributed by atoms with Gasteiger partial charge in [0.2, 0.25) is 5.91 Å². The second kappa shape index (κ2) is 5.46. The highest BCUT2D eigenvalue weighted by molar-refractivity contribution is 9.10. The maximum atomic E-state index is 11.9. The Morgan fingerprint density at radius 2 is 1.81 bits per heavy atom. The molecule has 1 amide bonds. The molecule has 1 aromatic carbocycles. The molecule has 3 N–H and O–H groups in total. The van der Waals surface area contributed by atoms with Crippen LogP contribution in [-0.2, 0) is 4.79 Å². The number of nitrogens with one attached hydrogen (secondary N) is 1. The molecule has 0 fully saturated rings. The molecule has 0 heterocycles. The third kappa shape index (κ3) is 3.06. The smallest absolute Gasteiger partial charge is 0.244 e. The van der Waals surface area contributed by atoms with Crippen LogP contribution >= 0.6 is 15.9 Å². The average Bonchev–Trinajstić information content (AvgIpc) is 2.31. The molecule has 88 valence electrons. The normalized spacial score (nSPS) is 11.2. The van der Waals surface area contributed by atoms with Crippen LogP contribution in [0.3, 0.4) is 0 Å². The van der Waals surface area contributed by atoms with Gasteiger partial charge in [0.25, 0.3) is 0 Å². The van der Waals surface area contributed by atoms with Crippen molar-refractivity contribution in [3.63, 3.8) is 0 Å². The quantitative estimate of drug-likeness (QED) is 0.893. The van der Waals surface area contributed by atoms with Crippen molar-refractivity contribution < 1.29 is 4.79 Å². The van der Waals surface area contributed by atoms with Crippen LogP contribution in [-0.4, -0.2) is 11.4 Å². The predicted molar refractivity (Wildman–Crippen MR) is 70.3 cm³/mol. The average molecular weight is 285 g/mol. The van der Waals surface area contributed by atoms with E-state index in [0.717, 1.165) is 10.2 Å². The molecule has 0 aliphatic rings. The molecule has 0 aliphatic heterocycles. The summed E-state index contributed by atoms with van der Waals surface area (Å²) in [5.74, 6) is -0.125. The van der Waals surface area contributed by atoms with E-state index < -0.39 is 5.54 Å². The minimum Gasteiger partial charge on any atom is -0.324 e. The number of anilines is 1. The Hall–Kier alpha value is -0.870. The van der Waals surface area contributed by atoms with Crippen LogP contribution < -0.4 is 11.1 Å². The highest BCUT2D eigenvalue weighted by Crippen LogP contribution is 2.17. The molecule has 0 unspecified atom stereocenters. The van der Waals surface area contributed by atoms with Gasteiger partial charge in [-0.25, -0.2) is 0 Å². The standard InChI is InChI=1S/C12H17BrN2O/c1-3-12(14,4-2)11(16)15-10-7-5-9(13)6-8-10/h5-8H,3-4,14H2,1-2H3,(H,15,16). The molecule has 0 aliphatic carbocycles. The first kappa shape index (κ1) is 13.2. The van der Waals surface area contributed by atoms with Gasteiger partial charge >= 0.3 is 0 Å². The van der Waals surface area contributed by atoms with Crippen LogP contribution in [0, 0.1) is 0 Å². The van der Waals surface area contributed by atoms with Crippen molar-refractivity contribution in [2.45, 2.75) is 32.2 Å². The van der Waals surface area contributed by atoms with Crippen LogP contribution in [0.15, 0.2) is 28.7 Å². The summed E-state index contributed by atoms with van der Waals surface area (Å²) in [5.41, 5.74) is 5.99. The summed E-state index contributed by atoms with van der Waals surface area (Å²) in [5, 5.41) is 2.83. The van der Waals surface area contributed by atoms with Crippen LogP contribution in [0.1, 0.15) is 26.7 Å². The zero-order valence-electron chi connectivity index (χ0n) is 9.59. The molecule has 0 aromatic heterocycles. The molecule has 3 nitrogen and oxygen atoms in total. The summed E-state index contributed by atoms with van der Waals surface area (Å²) in [4.78, 5) is 11.9. The summed E-state index contributed by atoms with van der Waals surface area (Å²) in [7, 11) is 0. The van der Waals surface area contributed by atoms with Gasteiger partial charge in [-0.3, -0.25) is 4.79 Å². The summed E-state index contributed by atoms with van der Waals surface area (Å²) in [6.07, 6.45) is 1.26. The first-order valence-electron chi connectivity index (χ1n) is 5.37. The van der Waals surface area contributed by atoms with E-state index in [0.29, 0.717) is 12.8 Å². The number of nitrogens with two attached hydrogens (primary N) is 1. The fraction of sp³-hybridized carbons (Fsp3) is 0.417. The van der Waals surface area contributed by atoms with E-state index in [1.165, 1.54) is 0 Å². The zero-order chi connectivity index (χ0) is 12.2. The molecule has 4 heteroatoms. The number of carbonyl (C=O) groups is 1. The van der Waals surface area contributed by atoms with Gasteiger partial charge in [0.1, 0.15) is 0 Å². The monoisotopic (exact) mass is 284 g/mol. The van der Waals surface area contributed by atoms with Crippen molar-refractivity contribution in [2.75, 3.05) is 5.32 Å². The molecule has 0 atom stereocenters. The molecular weight excluding hydrogens is 268 g/mol. The van der Waals surface area contributed by atoms with E-state index >= 15 is 0 Å².